The van der Waals surface area contributed by atoms with E-state index in [0.717, 1.165) is 45.5 Å². The number of esters is 2. The first kappa shape index (κ1) is 107. The van der Waals surface area contributed by atoms with E-state index in [4.69, 9.17) is 31.9 Å². The van der Waals surface area contributed by atoms with E-state index in [-0.39, 0.29) is 69.6 Å². The van der Waals surface area contributed by atoms with Crippen LogP contribution in [0, 0.1) is 29.4 Å². The Labute approximate surface area is 693 Å². The van der Waals surface area contributed by atoms with Crippen LogP contribution < -0.4 is 26.2 Å². The van der Waals surface area contributed by atoms with Gasteiger partial charge >= 0.3 is 59.8 Å². The number of halogens is 24. The Kier molecular flexibility index (Phi) is 40.6. The van der Waals surface area contributed by atoms with Crippen LogP contribution in [0.4, 0.5) is 84.8 Å². The molecule has 0 aromatic carbocycles. The topological polar surface area (TPSA) is 286 Å². The number of nitrogens with one attached hydrogen (secondary N) is 1. The maximum atomic E-state index is 14.4. The summed E-state index contributed by atoms with van der Waals surface area (Å²) in [6.45, 7) is 19.8. The molecule has 2 atom stereocenters. The first-order valence-electron chi connectivity index (χ1n) is 31.9. The lowest BCUT2D eigenvalue weighted by Crippen LogP contribution is -2.41. The largest absolute Gasteiger partial charge is 0.496 e. The average Bonchev–Trinajstić information content (AvgIpc) is 1.63. The number of hydrazine groups is 1. The Morgan fingerprint density at radius 1 is 0.526 bits per heavy atom. The number of ether oxygens (including phenoxy) is 5. The second-order valence-corrected chi connectivity index (χ2v) is 29.5. The van der Waals surface area contributed by atoms with Gasteiger partial charge in [-0.25, -0.2) is 39.2 Å². The molecule has 0 amide bonds. The number of rotatable bonds is 19. The van der Waals surface area contributed by atoms with Crippen molar-refractivity contribution in [2.75, 3.05) is 25.2 Å². The van der Waals surface area contributed by atoms with Crippen LogP contribution in [0.5, 0.6) is 11.8 Å². The van der Waals surface area contributed by atoms with Crippen molar-refractivity contribution in [2.24, 2.45) is 23.6 Å². The molecular weight excluding hydrogens is 1860 g/mol. The zero-order valence-corrected chi connectivity index (χ0v) is 67.5. The van der Waals surface area contributed by atoms with Crippen molar-refractivity contribution < 1.29 is 127 Å². The highest BCUT2D eigenvalue weighted by Gasteiger charge is 2.53. The summed E-state index contributed by atoms with van der Waals surface area (Å²) in [6, 6.07) is 14.9. The Hall–Kier alpha value is -7.28. The minimum absolute atomic E-state index is 0. The molecule has 0 spiro atoms. The van der Waals surface area contributed by atoms with Gasteiger partial charge in [0.25, 0.3) is 11.8 Å². The molecule has 1 aliphatic heterocycles. The number of nitrogens with two attached hydrogens (primary N) is 1. The molecule has 1 aliphatic rings. The van der Waals surface area contributed by atoms with Gasteiger partial charge in [0.2, 0.25) is 17.5 Å². The number of hydrogen-bond acceptors (Lipinski definition) is 21. The zero-order chi connectivity index (χ0) is 86.1. The molecular formula is C67H79BBr3Cl3F18N14O10. The number of anilines is 1. The number of aliphatic hydroxyl groups excluding tert-OH is 1. The highest BCUT2D eigenvalue weighted by atomic mass is 79.9. The van der Waals surface area contributed by atoms with Gasteiger partial charge in [-0.05, 0) is 203 Å². The van der Waals surface area contributed by atoms with Crippen molar-refractivity contribution in [1.82, 2.24) is 58.7 Å². The lowest BCUT2D eigenvalue weighted by molar-refractivity contribution is -0.259. The van der Waals surface area contributed by atoms with Crippen LogP contribution in [-0.4, -0.2) is 149 Å². The number of carbonyl (C=O) groups excluding carboxylic acids is 2. The van der Waals surface area contributed by atoms with E-state index in [1.54, 1.807) is 64.2 Å². The second kappa shape index (κ2) is 44.1. The number of fused-ring (bicyclic) bond motifs is 3. The summed E-state index contributed by atoms with van der Waals surface area (Å²) in [4.78, 5) is 31.1. The molecule has 10 heterocycles. The summed E-state index contributed by atoms with van der Waals surface area (Å²) in [5.41, 5.74) is 2.59. The molecule has 10 rings (SSSR count). The molecule has 0 saturated carbocycles. The molecule has 9 aromatic heterocycles. The molecule has 0 aliphatic carbocycles. The number of hydrogen-bond donors (Lipinski definition) is 3. The quantitative estimate of drug-likeness (QED) is 0.0129. The fourth-order valence-corrected chi connectivity index (χ4v) is 8.60. The number of carbonyl (C=O) groups is 2. The molecule has 648 valence electrons. The summed E-state index contributed by atoms with van der Waals surface area (Å²) < 4.78 is 271. The van der Waals surface area contributed by atoms with Gasteiger partial charge in [0.05, 0.1) is 24.4 Å². The Morgan fingerprint density at radius 2 is 0.897 bits per heavy atom. The van der Waals surface area contributed by atoms with Crippen LogP contribution >= 0.6 is 82.6 Å². The van der Waals surface area contributed by atoms with Gasteiger partial charge in [-0.3, -0.25) is 13.2 Å². The van der Waals surface area contributed by atoms with E-state index in [1.807, 2.05) is 47.6 Å². The Bertz CT molecular complexity index is 4550. The van der Waals surface area contributed by atoms with Crippen LogP contribution in [-0.2, 0) is 50.7 Å². The summed E-state index contributed by atoms with van der Waals surface area (Å²) in [6.07, 6.45) is -12.8. The van der Waals surface area contributed by atoms with Crippen molar-refractivity contribution in [2.45, 2.75) is 169 Å². The summed E-state index contributed by atoms with van der Waals surface area (Å²) in [5, 5.41) is 16.8. The number of nitrogens with zero attached hydrogens (tertiary/aromatic N) is 12. The minimum atomic E-state index is -4.69. The third kappa shape index (κ3) is 32.5. The van der Waals surface area contributed by atoms with Crippen LogP contribution in [0.3, 0.4) is 0 Å². The molecule has 49 heteroatoms. The summed E-state index contributed by atoms with van der Waals surface area (Å²) in [7, 11) is -0.851. The monoisotopic (exact) mass is 1930 g/mol. The standard InChI is InChI=1S/C19H18F6N4O2.C14H18BF4NO3.C11H12BrF2N3O.C7H3BrClF2N3.C5H6BrN3.C4Cl2F4O3.C4H10O.3CH4/c1-10(2)9-30-19(24,25)17-28-27-15-5-4-12(8-29(15)17)13-6-14(20)16(26-7-13)31-11(3)18(21,22)23;1-8(14(17,18)19)21-11-10(16)6-9(7-20-11)15-22-12(2,3)13(4,5)23-15;1-7(2)6-18-11(13,14)10-16-15-9-4-3-8(12)5-17(9)10;8-4-1-2-5-12-13-6(7(9,10)11)14(5)3-4;6-4-1-2-5(9-7)8-3-4;5-3(7,8)1(11)13-2(12)4(6,9)10;1-4(2)3-5;;;/h4-8,10-11H,9H2,1-3H3;6-8H,1-5H3;3-5,7H,6H2,1-2H3;1-3H;1-3H,7H2,(H,8,9);;4-5H,3H2,1-2H3;3*1H4/t11-;8-;;;;;;;;/m00......../s1. The minimum Gasteiger partial charge on any atom is -0.463 e. The fraction of sp³-hybridized carbons (Fsp3) is 0.478. The van der Waals surface area contributed by atoms with Crippen LogP contribution in [0.15, 0.2) is 111 Å². The van der Waals surface area contributed by atoms with Gasteiger partial charge in [-0.15, -0.1) is 30.6 Å². The van der Waals surface area contributed by atoms with Gasteiger partial charge in [0.15, 0.2) is 40.8 Å². The van der Waals surface area contributed by atoms with Gasteiger partial charge < -0.3 is 43.5 Å². The Balaban J connectivity index is 0.000000710. The second-order valence-electron chi connectivity index (χ2n) is 25.3. The van der Waals surface area contributed by atoms with Crippen molar-refractivity contribution in [1.29, 1.82) is 0 Å². The normalized spacial score (nSPS) is 13.9. The number of aromatic nitrogens is 12. The van der Waals surface area contributed by atoms with Gasteiger partial charge in [-0.2, -0.15) is 70.2 Å². The smallest absolute Gasteiger partial charge is 0.463 e. The Morgan fingerprint density at radius 3 is 1.24 bits per heavy atom. The first-order chi connectivity index (χ1) is 51.7. The van der Waals surface area contributed by atoms with Crippen molar-refractivity contribution >= 4 is 130 Å². The zero-order valence-electron chi connectivity index (χ0n) is 60.5. The van der Waals surface area contributed by atoms with E-state index in [0.29, 0.717) is 38.6 Å². The van der Waals surface area contributed by atoms with E-state index in [1.165, 1.54) is 41.3 Å². The van der Waals surface area contributed by atoms with Crippen molar-refractivity contribution in [3.63, 3.8) is 0 Å². The molecule has 4 N–H and O–H groups in total. The number of alkyl halides is 19. The predicted molar refractivity (Wildman–Crippen MR) is 403 cm³/mol. The van der Waals surface area contributed by atoms with E-state index >= 15 is 0 Å². The molecule has 1 fully saturated rings. The first-order valence-corrected chi connectivity index (χ1v) is 35.5. The third-order valence-electron chi connectivity index (χ3n) is 14.0. The van der Waals surface area contributed by atoms with Crippen molar-refractivity contribution in [3.8, 4) is 22.9 Å². The molecule has 24 nitrogen and oxygen atoms in total. The molecule has 9 aromatic rings. The van der Waals surface area contributed by atoms with Gasteiger partial charge in [-0.1, -0.05) is 63.8 Å². The maximum Gasteiger partial charge on any atom is 0.496 e. The van der Waals surface area contributed by atoms with E-state index in [9.17, 15) is 88.6 Å². The summed E-state index contributed by atoms with van der Waals surface area (Å²) >= 11 is 22.5. The summed E-state index contributed by atoms with van der Waals surface area (Å²) in [5.74, 6) is -4.72. The number of aliphatic hydroxyl groups is 1. The van der Waals surface area contributed by atoms with Crippen LogP contribution in [0.2, 0.25) is 0 Å². The lowest BCUT2D eigenvalue weighted by Gasteiger charge is -2.32. The maximum absolute atomic E-state index is 14.4. The average molecular weight is 1940 g/mol. The third-order valence-corrected chi connectivity index (χ3v) is 15.9. The highest BCUT2D eigenvalue weighted by molar-refractivity contribution is 9.11. The van der Waals surface area contributed by atoms with E-state index in [2.05, 4.69) is 146 Å². The highest BCUT2D eigenvalue weighted by Crippen LogP contribution is 2.39. The SMILES string of the molecule is C.C.C.CC(C)CO.CC(C)COC(F)(F)c1nnc2ccc(-c3cnc(O[C@@H](C)C(F)(F)F)c(F)c3)cn12.CC(C)COC(F)(F)c1nnc2ccc(Br)cn12.C[C@H](Oc1ncc(B2OC(C)(C)C(C)(C)O2)cc1F)C(F)(F)F.FC(F)(Cl)c1nnc2ccc(Br)cn12.NNc1ccc(Br)cn1.O=C(OC(=O)C(F)(F)Cl)C(F)(F)Cl. The van der Waals surface area contributed by atoms with Gasteiger partial charge in [0.1, 0.15) is 5.82 Å². The van der Waals surface area contributed by atoms with E-state index < -0.39 is 124 Å². The molecule has 1 saturated heterocycles. The number of pyridine rings is 6. The van der Waals surface area contributed by atoms with Gasteiger partial charge in [0, 0.05) is 73.8 Å². The van der Waals surface area contributed by atoms with Crippen molar-refractivity contribution in [3.05, 3.63) is 140 Å². The molecule has 0 unspecified atom stereocenters. The predicted octanol–water partition coefficient (Wildman–Crippen LogP) is 19.2. The van der Waals surface area contributed by atoms with Crippen LogP contribution in [0.25, 0.3) is 28.1 Å². The lowest BCUT2D eigenvalue weighted by atomic mass is 9.80. The molecule has 0 bridgehead atoms. The van der Waals surface area contributed by atoms with Crippen LogP contribution in [0.1, 0.15) is 123 Å². The number of nitrogen functional groups attached to an aromatic ring is 1. The molecule has 0 radical (unpaired) electrons. The fourth-order valence-electron chi connectivity index (χ4n) is 7.49. The molecule has 116 heavy (non-hydrogen) atoms.